The number of fused-ring (bicyclic) bond motifs is 3. The smallest absolute Gasteiger partial charge is 0.213 e. The van der Waals surface area contributed by atoms with Gasteiger partial charge in [0.1, 0.15) is 11.6 Å². The van der Waals surface area contributed by atoms with Crippen LogP contribution in [0.1, 0.15) is 57.8 Å². The summed E-state index contributed by atoms with van der Waals surface area (Å²) in [5.74, 6) is 0.256. The number of hydrogen-bond donors (Lipinski definition) is 0. The molecule has 1 unspecified atom stereocenters. The van der Waals surface area contributed by atoms with Gasteiger partial charge in [0.2, 0.25) is 6.23 Å². The Labute approximate surface area is 176 Å². The molecule has 0 bridgehead atoms. The lowest BCUT2D eigenvalue weighted by Crippen LogP contribution is -2.20. The summed E-state index contributed by atoms with van der Waals surface area (Å²) in [6.45, 7) is 5.24. The predicted molar refractivity (Wildman–Crippen MR) is 113 cm³/mol. The van der Waals surface area contributed by atoms with E-state index in [0.29, 0.717) is 28.5 Å². The highest BCUT2D eigenvalue weighted by molar-refractivity contribution is 7.11. The van der Waals surface area contributed by atoms with Gasteiger partial charge in [-0.3, -0.25) is 9.36 Å². The van der Waals surface area contributed by atoms with E-state index in [1.165, 1.54) is 12.8 Å². The van der Waals surface area contributed by atoms with E-state index < -0.39 is 12.1 Å². The number of aromatic nitrogens is 2. The molecule has 5 rings (SSSR count). The van der Waals surface area contributed by atoms with E-state index in [1.807, 2.05) is 22.9 Å². The fraction of sp³-hybridized carbons (Fsp3) is 0.273. The molecule has 1 saturated carbocycles. The lowest BCUT2D eigenvalue weighted by molar-refractivity contribution is 0.0921. The zero-order valence-corrected chi connectivity index (χ0v) is 17.3. The molecule has 2 aliphatic rings. The van der Waals surface area contributed by atoms with Gasteiger partial charge in [-0.1, -0.05) is 6.58 Å². The Balaban J connectivity index is 1.70. The maximum atomic E-state index is 14.3. The van der Waals surface area contributed by atoms with Crippen LogP contribution in [0.15, 0.2) is 48.6 Å². The molecule has 0 radical (unpaired) electrons. The number of thiazole rings is 1. The molecule has 0 N–H and O–H groups in total. The Morgan fingerprint density at radius 1 is 1.41 bits per heavy atom. The number of hydrogen-bond acceptors (Lipinski definition) is 4. The van der Waals surface area contributed by atoms with Gasteiger partial charge in [0.25, 0.3) is 0 Å². The summed E-state index contributed by atoms with van der Waals surface area (Å²) in [5, 5.41) is 1.95. The number of ether oxygens (including phenoxy) is 1. The second-order valence-electron chi connectivity index (χ2n) is 7.41. The third-order valence-electron chi connectivity index (χ3n) is 5.40. The number of rotatable bonds is 5. The highest BCUT2D eigenvalue weighted by Gasteiger charge is 2.34. The first-order valence-corrected chi connectivity index (χ1v) is 10.8. The van der Waals surface area contributed by atoms with Crippen LogP contribution in [0.25, 0.3) is 16.5 Å². The van der Waals surface area contributed by atoms with Crippen molar-refractivity contribution in [3.8, 4) is 0 Å². The Bertz CT molecular complexity index is 1200. The topological polar surface area (TPSA) is 44.1 Å². The fourth-order valence-electron chi connectivity index (χ4n) is 3.84. The van der Waals surface area contributed by atoms with Crippen molar-refractivity contribution >= 4 is 45.2 Å². The molecule has 1 aliphatic carbocycles. The average molecular weight is 429 g/mol. The van der Waals surface area contributed by atoms with Crippen LogP contribution in [0.4, 0.5) is 4.39 Å². The van der Waals surface area contributed by atoms with Crippen LogP contribution in [0, 0.1) is 0 Å². The van der Waals surface area contributed by atoms with Gasteiger partial charge in [-0.05, 0) is 44.0 Å². The second kappa shape index (κ2) is 6.82. The summed E-state index contributed by atoms with van der Waals surface area (Å²) in [5.41, 5.74) is 2.40. The molecule has 148 valence electrons. The first kappa shape index (κ1) is 18.6. The highest BCUT2D eigenvalue weighted by atomic mass is 35.5. The van der Waals surface area contributed by atoms with Gasteiger partial charge in [-0.15, -0.1) is 22.9 Å². The molecular weight excluding hydrogens is 411 g/mol. The first-order valence-electron chi connectivity index (χ1n) is 9.40. The number of ketones is 1. The third kappa shape index (κ3) is 3.02. The lowest BCUT2D eigenvalue weighted by Gasteiger charge is -2.29. The van der Waals surface area contributed by atoms with Crippen molar-refractivity contribution < 1.29 is 13.9 Å². The summed E-state index contributed by atoms with van der Waals surface area (Å²) >= 11 is 7.35. The van der Waals surface area contributed by atoms with E-state index in [2.05, 4.69) is 11.6 Å². The Hall–Kier alpha value is -2.44. The standard InChI is InChI=1S/C22H18ClFN2O2S/c1-11(24)20-12(2)28-22(19-10-25-21(29-19)13-3-4-13)26-16-6-5-14(18(27)9-23)7-15(16)8-17(20)26/h5-8,10,13,22H,1,3-4,9H2,2H3. The van der Waals surface area contributed by atoms with E-state index in [1.54, 1.807) is 30.4 Å². The van der Waals surface area contributed by atoms with E-state index in [0.717, 1.165) is 20.8 Å². The number of halogens is 2. The molecule has 0 saturated heterocycles. The largest absolute Gasteiger partial charge is 0.469 e. The summed E-state index contributed by atoms with van der Waals surface area (Å²) in [4.78, 5) is 17.6. The van der Waals surface area contributed by atoms with E-state index in [4.69, 9.17) is 16.3 Å². The van der Waals surface area contributed by atoms with Gasteiger partial charge in [0.05, 0.1) is 32.5 Å². The normalized spacial score (nSPS) is 18.7. The minimum atomic E-state index is -0.551. The van der Waals surface area contributed by atoms with E-state index in [-0.39, 0.29) is 11.7 Å². The molecule has 2 aromatic heterocycles. The quantitative estimate of drug-likeness (QED) is 0.359. The minimum absolute atomic E-state index is 0.0822. The van der Waals surface area contributed by atoms with Crippen LogP contribution >= 0.6 is 22.9 Å². The first-order chi connectivity index (χ1) is 14.0. The van der Waals surface area contributed by atoms with E-state index >= 15 is 0 Å². The van der Waals surface area contributed by atoms with Crippen LogP contribution in [-0.2, 0) is 4.74 Å². The van der Waals surface area contributed by atoms with Crippen molar-refractivity contribution in [3.63, 3.8) is 0 Å². The Morgan fingerprint density at radius 2 is 2.21 bits per heavy atom. The van der Waals surface area contributed by atoms with Crippen molar-refractivity contribution in [2.75, 3.05) is 5.88 Å². The average Bonchev–Trinajstić information content (AvgIpc) is 3.31. The van der Waals surface area contributed by atoms with Crippen molar-refractivity contribution in [3.05, 3.63) is 69.8 Å². The Kier molecular flexibility index (Phi) is 4.37. The van der Waals surface area contributed by atoms with Crippen LogP contribution in [-0.4, -0.2) is 21.2 Å². The van der Waals surface area contributed by atoms with Crippen molar-refractivity contribution in [1.29, 1.82) is 0 Å². The number of benzene rings is 1. The number of carbonyl (C=O) groups excluding carboxylic acids is 1. The number of alkyl halides is 1. The van der Waals surface area contributed by atoms with Gasteiger partial charge >= 0.3 is 0 Å². The maximum absolute atomic E-state index is 14.3. The minimum Gasteiger partial charge on any atom is -0.469 e. The van der Waals surface area contributed by atoms with E-state index in [9.17, 15) is 9.18 Å². The molecule has 3 aromatic rings. The molecule has 1 fully saturated rings. The second-order valence-corrected chi connectivity index (χ2v) is 8.77. The highest BCUT2D eigenvalue weighted by Crippen LogP contribution is 2.46. The molecule has 1 aliphatic heterocycles. The molecular formula is C22H18ClFN2O2S. The van der Waals surface area contributed by atoms with Crippen molar-refractivity contribution in [2.45, 2.75) is 31.9 Å². The number of nitrogens with zero attached hydrogens (tertiary/aromatic N) is 2. The SMILES string of the molecule is C=C(F)C1=C(C)OC(c2cnc(C3CC3)s2)n2c1cc1cc(C(=O)CCl)ccc12. The molecule has 29 heavy (non-hydrogen) atoms. The van der Waals surface area contributed by atoms with Crippen LogP contribution in [0.5, 0.6) is 0 Å². The van der Waals surface area contributed by atoms with Gasteiger partial charge in [-0.2, -0.15) is 0 Å². The molecule has 7 heteroatoms. The van der Waals surface area contributed by atoms with Crippen LogP contribution in [0.3, 0.4) is 0 Å². The zero-order chi connectivity index (χ0) is 20.3. The van der Waals surface area contributed by atoms with Crippen LogP contribution < -0.4 is 0 Å². The molecule has 4 nitrogen and oxygen atoms in total. The van der Waals surface area contributed by atoms with Crippen LogP contribution in [0.2, 0.25) is 0 Å². The fourth-order valence-corrected chi connectivity index (χ4v) is 5.10. The maximum Gasteiger partial charge on any atom is 0.213 e. The lowest BCUT2D eigenvalue weighted by atomic mass is 10.1. The van der Waals surface area contributed by atoms with Crippen molar-refractivity contribution in [2.24, 2.45) is 0 Å². The van der Waals surface area contributed by atoms with Gasteiger partial charge in [0, 0.05) is 23.1 Å². The summed E-state index contributed by atoms with van der Waals surface area (Å²) in [7, 11) is 0. The molecule has 0 spiro atoms. The summed E-state index contributed by atoms with van der Waals surface area (Å²) in [6.07, 6.45) is 3.77. The monoisotopic (exact) mass is 428 g/mol. The number of carbonyl (C=O) groups is 1. The molecule has 0 amide bonds. The Morgan fingerprint density at radius 3 is 2.90 bits per heavy atom. The third-order valence-corrected chi connectivity index (χ3v) is 6.83. The zero-order valence-electron chi connectivity index (χ0n) is 15.7. The van der Waals surface area contributed by atoms with Gasteiger partial charge in [-0.25, -0.2) is 9.37 Å². The van der Waals surface area contributed by atoms with Crippen molar-refractivity contribution in [1.82, 2.24) is 9.55 Å². The molecule has 3 heterocycles. The molecule has 1 aromatic carbocycles. The molecule has 1 atom stereocenters. The summed E-state index contributed by atoms with van der Waals surface area (Å²) < 4.78 is 22.5. The number of Topliss-reactive ketones (excluding diaryl/α,β-unsaturated/α-hetero) is 1. The van der Waals surface area contributed by atoms with Gasteiger partial charge in [0.15, 0.2) is 5.78 Å². The predicted octanol–water partition coefficient (Wildman–Crippen LogP) is 6.19. The van der Waals surface area contributed by atoms with Gasteiger partial charge < -0.3 is 4.74 Å². The number of allylic oxidation sites excluding steroid dienone is 3. The summed E-state index contributed by atoms with van der Waals surface area (Å²) in [6, 6.07) is 7.27.